The molecule has 0 fully saturated rings. The second kappa shape index (κ2) is 5.46. The van der Waals surface area contributed by atoms with E-state index in [9.17, 15) is 4.79 Å². The van der Waals surface area contributed by atoms with Crippen molar-refractivity contribution < 1.29 is 14.6 Å². The van der Waals surface area contributed by atoms with Crippen molar-refractivity contribution in [3.05, 3.63) is 33.8 Å². The number of aromatic nitrogens is 1. The molecule has 0 atom stereocenters. The van der Waals surface area contributed by atoms with E-state index in [4.69, 9.17) is 21.4 Å². The molecule has 0 amide bonds. The fourth-order valence-electron chi connectivity index (χ4n) is 1.52. The van der Waals surface area contributed by atoms with Crippen molar-refractivity contribution in [2.45, 2.75) is 6.92 Å². The molecule has 19 heavy (non-hydrogen) atoms. The Bertz CT molecular complexity index is 627. The highest BCUT2D eigenvalue weighted by atomic mass is 35.5. The van der Waals surface area contributed by atoms with Gasteiger partial charge < -0.3 is 15.2 Å². The van der Waals surface area contributed by atoms with Gasteiger partial charge in [0.1, 0.15) is 5.75 Å². The van der Waals surface area contributed by atoms with Gasteiger partial charge in [-0.1, -0.05) is 11.6 Å². The van der Waals surface area contributed by atoms with Crippen LogP contribution in [0.15, 0.2) is 18.2 Å². The maximum absolute atomic E-state index is 10.9. The van der Waals surface area contributed by atoms with Crippen LogP contribution in [0.4, 0.5) is 10.8 Å². The van der Waals surface area contributed by atoms with Gasteiger partial charge in [0, 0.05) is 10.6 Å². The first-order valence-corrected chi connectivity index (χ1v) is 6.52. The molecule has 7 heteroatoms. The summed E-state index contributed by atoms with van der Waals surface area (Å²) in [5.41, 5.74) is 0.781. The number of rotatable bonds is 4. The van der Waals surface area contributed by atoms with Crippen LogP contribution in [-0.2, 0) is 0 Å². The van der Waals surface area contributed by atoms with Gasteiger partial charge in [0.25, 0.3) is 0 Å². The highest BCUT2D eigenvalue weighted by Crippen LogP contribution is 2.30. The van der Waals surface area contributed by atoms with Gasteiger partial charge in [0.2, 0.25) is 0 Å². The molecule has 0 unspecified atom stereocenters. The van der Waals surface area contributed by atoms with Crippen LogP contribution in [0.25, 0.3) is 0 Å². The van der Waals surface area contributed by atoms with E-state index in [1.807, 2.05) is 0 Å². The van der Waals surface area contributed by atoms with E-state index >= 15 is 0 Å². The zero-order valence-electron chi connectivity index (χ0n) is 10.2. The number of aromatic carboxylic acids is 1. The number of aryl methyl sites for hydroxylation is 1. The van der Waals surface area contributed by atoms with Crippen LogP contribution < -0.4 is 10.1 Å². The lowest BCUT2D eigenvalue weighted by Crippen LogP contribution is -1.99. The third-order valence-electron chi connectivity index (χ3n) is 2.40. The van der Waals surface area contributed by atoms with E-state index in [1.54, 1.807) is 25.1 Å². The number of halogens is 1. The molecule has 2 N–H and O–H groups in total. The minimum absolute atomic E-state index is 0.0621. The van der Waals surface area contributed by atoms with Crippen molar-refractivity contribution in [2.24, 2.45) is 0 Å². The number of carboxylic acid groups (broad SMARTS) is 1. The van der Waals surface area contributed by atoms with Gasteiger partial charge >= 0.3 is 5.97 Å². The van der Waals surface area contributed by atoms with Gasteiger partial charge in [-0.05, 0) is 25.1 Å². The summed E-state index contributed by atoms with van der Waals surface area (Å²) in [6, 6.07) is 5.20. The topological polar surface area (TPSA) is 71.5 Å². The average molecular weight is 299 g/mol. The molecule has 2 rings (SSSR count). The number of hydrogen-bond acceptors (Lipinski definition) is 5. The number of methoxy groups -OCH3 is 1. The SMILES string of the molecule is COc1ccc(Nc2nc(C(=O)O)c(C)s2)cc1Cl. The summed E-state index contributed by atoms with van der Waals surface area (Å²) in [4.78, 5) is 15.6. The molecular formula is C12H11ClN2O3S. The zero-order chi connectivity index (χ0) is 14.0. The third-order valence-corrected chi connectivity index (χ3v) is 3.58. The molecule has 100 valence electrons. The molecular weight excluding hydrogens is 288 g/mol. The van der Waals surface area contributed by atoms with Crippen LogP contribution in [-0.4, -0.2) is 23.2 Å². The zero-order valence-corrected chi connectivity index (χ0v) is 11.8. The minimum atomic E-state index is -1.03. The predicted octanol–water partition coefficient (Wildman–Crippen LogP) is 3.56. The quantitative estimate of drug-likeness (QED) is 0.903. The van der Waals surface area contributed by atoms with Crippen LogP contribution in [0.5, 0.6) is 5.75 Å². The number of anilines is 2. The number of nitrogens with one attached hydrogen (secondary N) is 1. The Balaban J connectivity index is 2.24. The minimum Gasteiger partial charge on any atom is -0.495 e. The summed E-state index contributed by atoms with van der Waals surface area (Å²) < 4.78 is 5.05. The maximum atomic E-state index is 10.9. The summed E-state index contributed by atoms with van der Waals surface area (Å²) in [7, 11) is 1.54. The lowest BCUT2D eigenvalue weighted by molar-refractivity contribution is 0.0690. The van der Waals surface area contributed by atoms with E-state index < -0.39 is 5.97 Å². The molecule has 0 aliphatic heterocycles. The maximum Gasteiger partial charge on any atom is 0.355 e. The summed E-state index contributed by atoms with van der Waals surface area (Å²) in [6.07, 6.45) is 0. The monoisotopic (exact) mass is 298 g/mol. The predicted molar refractivity (Wildman–Crippen MR) is 75.1 cm³/mol. The second-order valence-corrected chi connectivity index (χ2v) is 5.31. The summed E-state index contributed by atoms with van der Waals surface area (Å²) >= 11 is 7.28. The first-order chi connectivity index (χ1) is 9.01. The Hall–Kier alpha value is -1.79. The molecule has 0 aliphatic carbocycles. The molecule has 1 aromatic heterocycles. The summed E-state index contributed by atoms with van der Waals surface area (Å²) in [5, 5.41) is 12.9. The van der Waals surface area contributed by atoms with E-state index in [0.717, 1.165) is 5.69 Å². The average Bonchev–Trinajstić information content (AvgIpc) is 2.70. The van der Waals surface area contributed by atoms with Gasteiger partial charge in [-0.15, -0.1) is 11.3 Å². The van der Waals surface area contributed by atoms with Crippen molar-refractivity contribution in [2.75, 3.05) is 12.4 Å². The highest BCUT2D eigenvalue weighted by molar-refractivity contribution is 7.15. The number of nitrogens with zero attached hydrogens (tertiary/aromatic N) is 1. The molecule has 2 aromatic rings. The Morgan fingerprint density at radius 3 is 2.79 bits per heavy atom. The van der Waals surface area contributed by atoms with E-state index in [0.29, 0.717) is 20.8 Å². The van der Waals surface area contributed by atoms with Crippen molar-refractivity contribution >= 4 is 39.7 Å². The highest BCUT2D eigenvalue weighted by Gasteiger charge is 2.14. The number of carbonyl (C=O) groups is 1. The fourth-order valence-corrected chi connectivity index (χ4v) is 2.60. The van der Waals surface area contributed by atoms with Gasteiger partial charge in [-0.3, -0.25) is 0 Å². The Kier molecular flexibility index (Phi) is 3.92. The molecule has 0 saturated heterocycles. The number of ether oxygens (including phenoxy) is 1. The molecule has 1 heterocycles. The molecule has 0 bridgehead atoms. The Morgan fingerprint density at radius 1 is 1.53 bits per heavy atom. The van der Waals surface area contributed by atoms with Crippen LogP contribution in [0.1, 0.15) is 15.4 Å². The van der Waals surface area contributed by atoms with Crippen molar-refractivity contribution in [1.82, 2.24) is 4.98 Å². The number of benzene rings is 1. The molecule has 0 aliphatic rings. The van der Waals surface area contributed by atoms with Crippen LogP contribution >= 0.6 is 22.9 Å². The Labute approximate surface area is 118 Å². The third kappa shape index (κ3) is 2.97. The van der Waals surface area contributed by atoms with Crippen LogP contribution in [0, 0.1) is 6.92 Å². The second-order valence-electron chi connectivity index (χ2n) is 3.70. The first kappa shape index (κ1) is 13.6. The van der Waals surface area contributed by atoms with Crippen molar-refractivity contribution in [1.29, 1.82) is 0 Å². The van der Waals surface area contributed by atoms with Crippen molar-refractivity contribution in [3.63, 3.8) is 0 Å². The van der Waals surface area contributed by atoms with E-state index in [1.165, 1.54) is 18.4 Å². The number of thiazole rings is 1. The summed E-state index contributed by atoms with van der Waals surface area (Å²) in [5.74, 6) is -0.455. The van der Waals surface area contributed by atoms with E-state index in [2.05, 4.69) is 10.3 Å². The largest absolute Gasteiger partial charge is 0.495 e. The summed E-state index contributed by atoms with van der Waals surface area (Å²) in [6.45, 7) is 1.72. The lowest BCUT2D eigenvalue weighted by atomic mass is 10.3. The van der Waals surface area contributed by atoms with Gasteiger partial charge in [-0.25, -0.2) is 9.78 Å². The number of carboxylic acids is 1. The van der Waals surface area contributed by atoms with Crippen LogP contribution in [0.2, 0.25) is 5.02 Å². The Morgan fingerprint density at radius 2 is 2.26 bits per heavy atom. The lowest BCUT2D eigenvalue weighted by Gasteiger charge is -2.06. The molecule has 1 aromatic carbocycles. The number of hydrogen-bond donors (Lipinski definition) is 2. The molecule has 0 saturated carbocycles. The van der Waals surface area contributed by atoms with E-state index in [-0.39, 0.29) is 5.69 Å². The molecule has 0 spiro atoms. The normalized spacial score (nSPS) is 10.3. The van der Waals surface area contributed by atoms with Crippen LogP contribution in [0.3, 0.4) is 0 Å². The first-order valence-electron chi connectivity index (χ1n) is 5.32. The smallest absolute Gasteiger partial charge is 0.355 e. The van der Waals surface area contributed by atoms with Gasteiger partial charge in [-0.2, -0.15) is 0 Å². The van der Waals surface area contributed by atoms with Gasteiger partial charge in [0.15, 0.2) is 10.8 Å². The fraction of sp³-hybridized carbons (Fsp3) is 0.167. The molecule has 5 nitrogen and oxygen atoms in total. The van der Waals surface area contributed by atoms with Gasteiger partial charge in [0.05, 0.1) is 12.1 Å². The van der Waals surface area contributed by atoms with Crippen molar-refractivity contribution in [3.8, 4) is 5.75 Å². The standard InChI is InChI=1S/C12H11ClN2O3S/c1-6-10(11(16)17)15-12(19-6)14-7-3-4-9(18-2)8(13)5-7/h3-5H,1-2H3,(H,14,15)(H,16,17). The molecule has 0 radical (unpaired) electrons.